The third-order valence-corrected chi connectivity index (χ3v) is 5.31. The van der Waals surface area contributed by atoms with Crippen LogP contribution in [0.25, 0.3) is 0 Å². The molecule has 4 unspecified atom stereocenters. The predicted octanol–water partition coefficient (Wildman–Crippen LogP) is 3.78. The van der Waals surface area contributed by atoms with Crippen molar-refractivity contribution in [2.75, 3.05) is 0 Å². The lowest BCUT2D eigenvalue weighted by Crippen LogP contribution is -2.38. The van der Waals surface area contributed by atoms with Crippen molar-refractivity contribution in [1.29, 1.82) is 0 Å². The number of allylic oxidation sites excluding steroid dienone is 2. The molecule has 0 aromatic carbocycles. The monoisotopic (exact) mass is 298 g/mol. The van der Waals surface area contributed by atoms with Crippen molar-refractivity contribution in [3.63, 3.8) is 0 Å². The Morgan fingerprint density at radius 1 is 1.40 bits per heavy atom. The summed E-state index contributed by atoms with van der Waals surface area (Å²) in [6.07, 6.45) is 5.68. The molecule has 4 heteroatoms. The number of carbonyl (C=O) groups is 2. The average molecular weight is 298 g/mol. The van der Waals surface area contributed by atoms with Crippen molar-refractivity contribution in [2.45, 2.75) is 58.0 Å². The minimum Gasteiger partial charge on any atom is -0.480 e. The van der Waals surface area contributed by atoms with Crippen molar-refractivity contribution >= 4 is 23.5 Å². The lowest BCUT2D eigenvalue weighted by Gasteiger charge is -2.39. The number of rotatable bonds is 6. The van der Waals surface area contributed by atoms with Crippen molar-refractivity contribution in [3.05, 3.63) is 12.2 Å². The zero-order valence-corrected chi connectivity index (χ0v) is 13.9. The van der Waals surface area contributed by atoms with Crippen LogP contribution in [0.3, 0.4) is 0 Å². The third kappa shape index (κ3) is 4.37. The van der Waals surface area contributed by atoms with Crippen LogP contribution in [-0.2, 0) is 9.59 Å². The van der Waals surface area contributed by atoms with Crippen molar-refractivity contribution in [2.24, 2.45) is 17.3 Å². The van der Waals surface area contributed by atoms with Crippen LogP contribution in [0.5, 0.6) is 0 Å². The first-order chi connectivity index (χ1) is 9.15. The Balaban J connectivity index is 2.66. The Bertz CT molecular complexity index is 401. The van der Waals surface area contributed by atoms with Gasteiger partial charge in [0.2, 0.25) is 0 Å². The Morgan fingerprint density at radius 3 is 2.50 bits per heavy atom. The largest absolute Gasteiger partial charge is 0.480 e. The van der Waals surface area contributed by atoms with Crippen LogP contribution in [0.1, 0.15) is 47.5 Å². The molecule has 0 aromatic rings. The lowest BCUT2D eigenvalue weighted by atomic mass is 9.65. The van der Waals surface area contributed by atoms with Crippen LogP contribution in [-0.4, -0.2) is 27.4 Å². The molecule has 0 amide bonds. The number of ketones is 1. The first kappa shape index (κ1) is 17.3. The molecule has 1 N–H and O–H groups in total. The second-order valence-electron chi connectivity index (χ2n) is 6.56. The molecule has 0 aliphatic heterocycles. The summed E-state index contributed by atoms with van der Waals surface area (Å²) in [4.78, 5) is 23.5. The van der Waals surface area contributed by atoms with Crippen LogP contribution in [0.4, 0.5) is 0 Å². The number of aliphatic carboxylic acids is 1. The molecule has 1 aliphatic carbocycles. The summed E-state index contributed by atoms with van der Waals surface area (Å²) < 4.78 is 0. The van der Waals surface area contributed by atoms with Crippen LogP contribution in [0.2, 0.25) is 0 Å². The molecule has 0 aromatic heterocycles. The second kappa shape index (κ2) is 6.79. The summed E-state index contributed by atoms with van der Waals surface area (Å²) in [5, 5.41) is 8.50. The van der Waals surface area contributed by atoms with Crippen LogP contribution < -0.4 is 0 Å². The molecule has 3 nitrogen and oxygen atoms in total. The van der Waals surface area contributed by atoms with Gasteiger partial charge in [0.05, 0.1) is 5.25 Å². The summed E-state index contributed by atoms with van der Waals surface area (Å²) >= 11 is 1.36. The van der Waals surface area contributed by atoms with Gasteiger partial charge in [0.25, 0.3) is 0 Å². The van der Waals surface area contributed by atoms with Crippen molar-refractivity contribution in [1.82, 2.24) is 0 Å². The first-order valence-electron chi connectivity index (χ1n) is 7.22. The molecule has 1 aliphatic rings. The predicted molar refractivity (Wildman–Crippen MR) is 84.0 cm³/mol. The van der Waals surface area contributed by atoms with E-state index in [2.05, 4.69) is 32.9 Å². The molecule has 1 rings (SSSR count). The Kier molecular flexibility index (Phi) is 5.87. The molecule has 0 saturated carbocycles. The normalized spacial score (nSPS) is 27.9. The SMILES string of the molecule is CC(CC(=O)C1C(C)C=CCC1(C)C)SC(C)C(=O)O. The summed E-state index contributed by atoms with van der Waals surface area (Å²) in [5.41, 5.74) is -0.00590. The van der Waals surface area contributed by atoms with Gasteiger partial charge in [-0.15, -0.1) is 11.8 Å². The maximum absolute atomic E-state index is 12.6. The highest BCUT2D eigenvalue weighted by molar-refractivity contribution is 8.01. The van der Waals surface area contributed by atoms with E-state index >= 15 is 0 Å². The molecule has 0 radical (unpaired) electrons. The van der Waals surface area contributed by atoms with E-state index in [0.29, 0.717) is 6.42 Å². The van der Waals surface area contributed by atoms with Gasteiger partial charge in [-0.3, -0.25) is 9.59 Å². The Labute approximate surface area is 126 Å². The van der Waals surface area contributed by atoms with Crippen LogP contribution in [0, 0.1) is 17.3 Å². The van der Waals surface area contributed by atoms with Gasteiger partial charge >= 0.3 is 5.97 Å². The van der Waals surface area contributed by atoms with Gasteiger partial charge in [0.15, 0.2) is 0 Å². The van der Waals surface area contributed by atoms with Crippen molar-refractivity contribution < 1.29 is 14.7 Å². The third-order valence-electron chi connectivity index (χ3n) is 4.07. The molecule has 4 atom stereocenters. The van der Waals surface area contributed by atoms with Crippen LogP contribution >= 0.6 is 11.8 Å². The van der Waals surface area contributed by atoms with E-state index in [4.69, 9.17) is 5.11 Å². The molecule has 0 bridgehead atoms. The number of Topliss-reactive ketones (excluding diaryl/α,β-unsaturated/α-hetero) is 1. The topological polar surface area (TPSA) is 54.4 Å². The highest BCUT2D eigenvalue weighted by atomic mass is 32.2. The maximum atomic E-state index is 12.6. The molecule has 0 heterocycles. The number of hydrogen-bond donors (Lipinski definition) is 1. The molecule has 20 heavy (non-hydrogen) atoms. The summed E-state index contributed by atoms with van der Waals surface area (Å²) in [6, 6.07) is 0. The van der Waals surface area contributed by atoms with E-state index in [9.17, 15) is 9.59 Å². The lowest BCUT2D eigenvalue weighted by molar-refractivity contribution is -0.136. The summed E-state index contributed by atoms with van der Waals surface area (Å²) in [6.45, 7) is 10.0. The smallest absolute Gasteiger partial charge is 0.316 e. The second-order valence-corrected chi connectivity index (χ2v) is 8.34. The standard InChI is InChI=1S/C16H26O3S/c1-10-7-6-8-16(4,5)14(10)13(17)9-11(2)20-12(3)15(18)19/h6-7,10-12,14H,8-9H2,1-5H3,(H,18,19). The zero-order valence-electron chi connectivity index (χ0n) is 13.1. The van der Waals surface area contributed by atoms with Crippen molar-refractivity contribution in [3.8, 4) is 0 Å². The quantitative estimate of drug-likeness (QED) is 0.758. The highest BCUT2D eigenvalue weighted by Gasteiger charge is 2.39. The fraction of sp³-hybridized carbons (Fsp3) is 0.750. The van der Waals surface area contributed by atoms with E-state index in [1.807, 2.05) is 6.92 Å². The molecule has 0 fully saturated rings. The van der Waals surface area contributed by atoms with E-state index in [-0.39, 0.29) is 28.3 Å². The number of carboxylic acid groups (broad SMARTS) is 1. The summed E-state index contributed by atoms with van der Waals surface area (Å²) in [5.74, 6) is -0.246. The van der Waals surface area contributed by atoms with Gasteiger partial charge in [-0.25, -0.2) is 0 Å². The number of hydrogen-bond acceptors (Lipinski definition) is 3. The Morgan fingerprint density at radius 2 is 2.00 bits per heavy atom. The van der Waals surface area contributed by atoms with E-state index in [1.54, 1.807) is 6.92 Å². The molecule has 0 spiro atoms. The molecule has 114 valence electrons. The minimum atomic E-state index is -0.816. The number of carboxylic acids is 1. The van der Waals surface area contributed by atoms with Gasteiger partial charge < -0.3 is 5.11 Å². The highest BCUT2D eigenvalue weighted by Crippen LogP contribution is 2.42. The fourth-order valence-electron chi connectivity index (χ4n) is 3.13. The number of carbonyl (C=O) groups excluding carboxylic acids is 1. The van der Waals surface area contributed by atoms with Gasteiger partial charge in [-0.2, -0.15) is 0 Å². The van der Waals surface area contributed by atoms with E-state index in [1.165, 1.54) is 11.8 Å². The van der Waals surface area contributed by atoms with E-state index in [0.717, 1.165) is 6.42 Å². The zero-order chi connectivity index (χ0) is 15.5. The molecular formula is C16H26O3S. The van der Waals surface area contributed by atoms with Gasteiger partial charge in [0, 0.05) is 17.6 Å². The Hall–Kier alpha value is -0.770. The molecule has 0 saturated heterocycles. The maximum Gasteiger partial charge on any atom is 0.316 e. The van der Waals surface area contributed by atoms with Crippen LogP contribution in [0.15, 0.2) is 12.2 Å². The fourth-order valence-corrected chi connectivity index (χ4v) is 4.20. The van der Waals surface area contributed by atoms with Gasteiger partial charge in [0.1, 0.15) is 5.78 Å². The molecular weight excluding hydrogens is 272 g/mol. The summed E-state index contributed by atoms with van der Waals surface area (Å²) in [7, 11) is 0. The van der Waals surface area contributed by atoms with Gasteiger partial charge in [-0.1, -0.05) is 39.8 Å². The average Bonchev–Trinajstić information content (AvgIpc) is 2.26. The van der Waals surface area contributed by atoms with Gasteiger partial charge in [-0.05, 0) is 24.7 Å². The minimum absolute atomic E-state index is 0.00590. The van der Waals surface area contributed by atoms with E-state index < -0.39 is 11.2 Å². The first-order valence-corrected chi connectivity index (χ1v) is 8.17. The number of thioether (sulfide) groups is 1.